The predicted octanol–water partition coefficient (Wildman–Crippen LogP) is 3.14. The molecule has 1 N–H and O–H groups in total. The maximum absolute atomic E-state index is 12.4. The lowest BCUT2D eigenvalue weighted by molar-refractivity contribution is -0.131. The first-order chi connectivity index (χ1) is 13.2. The molecule has 2 aromatic heterocycles. The van der Waals surface area contributed by atoms with Crippen LogP contribution in [0.4, 0.5) is 0 Å². The molecule has 0 aliphatic carbocycles. The highest BCUT2D eigenvalue weighted by Gasteiger charge is 2.30. The largest absolute Gasteiger partial charge is 0.351 e. The van der Waals surface area contributed by atoms with Gasteiger partial charge in [0.15, 0.2) is 0 Å². The van der Waals surface area contributed by atoms with Gasteiger partial charge in [0.2, 0.25) is 5.91 Å². The van der Waals surface area contributed by atoms with Gasteiger partial charge in [-0.2, -0.15) is 0 Å². The van der Waals surface area contributed by atoms with Crippen molar-refractivity contribution in [2.45, 2.75) is 38.6 Å². The molecule has 2 aromatic rings. The number of likely N-dealkylation sites (tertiary alicyclic amines) is 1. The minimum Gasteiger partial charge on any atom is -0.351 e. The quantitative estimate of drug-likeness (QED) is 0.744. The van der Waals surface area contributed by atoms with E-state index in [0.717, 1.165) is 30.0 Å². The van der Waals surface area contributed by atoms with E-state index in [2.05, 4.69) is 15.3 Å². The van der Waals surface area contributed by atoms with Crippen LogP contribution in [0.2, 0.25) is 0 Å². The molecule has 0 radical (unpaired) electrons. The molecule has 0 aromatic carbocycles. The monoisotopic (exact) mass is 384 g/mol. The van der Waals surface area contributed by atoms with Gasteiger partial charge in [0, 0.05) is 49.4 Å². The summed E-state index contributed by atoms with van der Waals surface area (Å²) in [4.78, 5) is 36.7. The number of rotatable bonds is 7. The fourth-order valence-electron chi connectivity index (χ4n) is 3.20. The summed E-state index contributed by atoms with van der Waals surface area (Å²) in [5.41, 5.74) is 0.853. The fourth-order valence-corrected chi connectivity index (χ4v) is 4.27. The molecule has 1 aliphatic rings. The van der Waals surface area contributed by atoms with Crippen LogP contribution in [0.5, 0.6) is 0 Å². The number of carbonyl (C=O) groups is 2. The van der Waals surface area contributed by atoms with Crippen LogP contribution >= 0.6 is 11.3 Å². The highest BCUT2D eigenvalue weighted by Crippen LogP contribution is 2.36. The molecule has 0 spiro atoms. The molecule has 1 fully saturated rings. The van der Waals surface area contributed by atoms with E-state index in [9.17, 15) is 9.59 Å². The van der Waals surface area contributed by atoms with Crippen molar-refractivity contribution in [1.29, 1.82) is 0 Å². The normalized spacial score (nSPS) is 16.8. The SMILES string of the molecule is C/C=C/CC(=O)N1CCC[C@@H]1c1ccc(C(=O)NCCc2cnccn2)s1. The Morgan fingerprint density at radius 3 is 3.04 bits per heavy atom. The molecule has 2 amide bonds. The minimum absolute atomic E-state index is 0.0834. The lowest BCUT2D eigenvalue weighted by atomic mass is 10.2. The Morgan fingerprint density at radius 2 is 2.26 bits per heavy atom. The molecule has 3 rings (SSSR count). The fraction of sp³-hybridized carbons (Fsp3) is 0.400. The smallest absolute Gasteiger partial charge is 0.261 e. The maximum atomic E-state index is 12.4. The van der Waals surface area contributed by atoms with E-state index in [-0.39, 0.29) is 17.9 Å². The van der Waals surface area contributed by atoms with Crippen molar-refractivity contribution < 1.29 is 9.59 Å². The van der Waals surface area contributed by atoms with E-state index < -0.39 is 0 Å². The molecule has 0 saturated carbocycles. The van der Waals surface area contributed by atoms with Gasteiger partial charge < -0.3 is 10.2 Å². The summed E-state index contributed by atoms with van der Waals surface area (Å²) in [5.74, 6) is 0.0684. The summed E-state index contributed by atoms with van der Waals surface area (Å²) in [6.45, 7) is 3.23. The Bertz CT molecular complexity index is 803. The number of nitrogens with one attached hydrogen (secondary N) is 1. The van der Waals surface area contributed by atoms with Crippen LogP contribution in [0.25, 0.3) is 0 Å². The molecule has 1 atom stereocenters. The third kappa shape index (κ3) is 5.01. The molecule has 6 nitrogen and oxygen atoms in total. The minimum atomic E-state index is -0.0834. The van der Waals surface area contributed by atoms with Crippen LogP contribution < -0.4 is 5.32 Å². The van der Waals surface area contributed by atoms with Gasteiger partial charge in [-0.3, -0.25) is 19.6 Å². The maximum Gasteiger partial charge on any atom is 0.261 e. The van der Waals surface area contributed by atoms with Crippen molar-refractivity contribution in [2.24, 2.45) is 0 Å². The predicted molar refractivity (Wildman–Crippen MR) is 106 cm³/mol. The van der Waals surface area contributed by atoms with Gasteiger partial charge in [-0.15, -0.1) is 11.3 Å². The van der Waals surface area contributed by atoms with Crippen molar-refractivity contribution in [3.05, 3.63) is 58.3 Å². The zero-order valence-corrected chi connectivity index (χ0v) is 16.2. The number of hydrogen-bond donors (Lipinski definition) is 1. The zero-order chi connectivity index (χ0) is 19.1. The molecule has 7 heteroatoms. The van der Waals surface area contributed by atoms with Crippen molar-refractivity contribution in [2.75, 3.05) is 13.1 Å². The average molecular weight is 385 g/mol. The summed E-state index contributed by atoms with van der Waals surface area (Å²) in [7, 11) is 0. The van der Waals surface area contributed by atoms with E-state index in [1.54, 1.807) is 18.6 Å². The Hall–Kier alpha value is -2.54. The number of hydrogen-bond acceptors (Lipinski definition) is 5. The Kier molecular flexibility index (Phi) is 6.70. The molecular formula is C20H24N4O2S. The number of nitrogens with zero attached hydrogens (tertiary/aromatic N) is 3. The lowest BCUT2D eigenvalue weighted by Gasteiger charge is -2.23. The molecule has 1 saturated heterocycles. The number of thiophene rings is 1. The third-order valence-electron chi connectivity index (χ3n) is 4.56. The number of allylic oxidation sites excluding steroid dienone is 1. The Balaban J connectivity index is 1.56. The summed E-state index contributed by atoms with van der Waals surface area (Å²) < 4.78 is 0. The zero-order valence-electron chi connectivity index (χ0n) is 15.4. The number of aromatic nitrogens is 2. The van der Waals surface area contributed by atoms with E-state index in [1.807, 2.05) is 36.1 Å². The second kappa shape index (κ2) is 9.41. The van der Waals surface area contributed by atoms with Gasteiger partial charge in [-0.05, 0) is 31.9 Å². The van der Waals surface area contributed by atoms with Crippen molar-refractivity contribution in [1.82, 2.24) is 20.2 Å². The second-order valence-electron chi connectivity index (χ2n) is 6.42. The van der Waals surface area contributed by atoms with Gasteiger partial charge in [0.1, 0.15) is 0 Å². The summed E-state index contributed by atoms with van der Waals surface area (Å²) in [6, 6.07) is 3.92. The van der Waals surface area contributed by atoms with Gasteiger partial charge in [-0.1, -0.05) is 12.2 Å². The molecule has 142 valence electrons. The highest BCUT2D eigenvalue weighted by molar-refractivity contribution is 7.14. The van der Waals surface area contributed by atoms with Crippen LogP contribution in [-0.2, 0) is 11.2 Å². The van der Waals surface area contributed by atoms with Gasteiger partial charge in [0.25, 0.3) is 5.91 Å². The first-order valence-electron chi connectivity index (χ1n) is 9.22. The Labute approximate surface area is 163 Å². The van der Waals surface area contributed by atoms with E-state index in [0.29, 0.717) is 24.3 Å². The molecule has 1 aliphatic heterocycles. The van der Waals surface area contributed by atoms with Crippen LogP contribution in [-0.4, -0.2) is 39.8 Å². The van der Waals surface area contributed by atoms with Crippen LogP contribution in [0.1, 0.15) is 52.5 Å². The van der Waals surface area contributed by atoms with Gasteiger partial charge in [0.05, 0.1) is 16.6 Å². The van der Waals surface area contributed by atoms with Crippen molar-refractivity contribution in [3.8, 4) is 0 Å². The average Bonchev–Trinajstić information content (AvgIpc) is 3.36. The van der Waals surface area contributed by atoms with Crippen LogP contribution in [0.3, 0.4) is 0 Å². The van der Waals surface area contributed by atoms with Crippen LogP contribution in [0, 0.1) is 0 Å². The van der Waals surface area contributed by atoms with E-state index >= 15 is 0 Å². The summed E-state index contributed by atoms with van der Waals surface area (Å²) in [6.07, 6.45) is 11.8. The standard InChI is InChI=1S/C20H24N4O2S/c1-2-3-6-19(25)24-13-4-5-16(24)17-7-8-18(27-17)20(26)23-10-9-15-14-21-11-12-22-15/h2-3,7-8,11-12,14,16H,4-6,9-10,13H2,1H3,(H,23,26)/b3-2+/t16-/m1/s1. The molecule has 3 heterocycles. The first-order valence-corrected chi connectivity index (χ1v) is 10.0. The second-order valence-corrected chi connectivity index (χ2v) is 7.54. The first kappa shape index (κ1) is 19.2. The van der Waals surface area contributed by atoms with Gasteiger partial charge >= 0.3 is 0 Å². The molecular weight excluding hydrogens is 360 g/mol. The molecule has 0 bridgehead atoms. The third-order valence-corrected chi connectivity index (χ3v) is 5.75. The molecule has 27 heavy (non-hydrogen) atoms. The summed E-state index contributed by atoms with van der Waals surface area (Å²) >= 11 is 1.48. The van der Waals surface area contributed by atoms with Gasteiger partial charge in [-0.25, -0.2) is 0 Å². The lowest BCUT2D eigenvalue weighted by Crippen LogP contribution is -2.29. The topological polar surface area (TPSA) is 75.2 Å². The summed E-state index contributed by atoms with van der Waals surface area (Å²) in [5, 5.41) is 2.93. The van der Waals surface area contributed by atoms with Crippen LogP contribution in [0.15, 0.2) is 42.9 Å². The highest BCUT2D eigenvalue weighted by atomic mass is 32.1. The van der Waals surface area contributed by atoms with Crippen molar-refractivity contribution >= 4 is 23.2 Å². The molecule has 0 unspecified atom stereocenters. The van der Waals surface area contributed by atoms with Crippen molar-refractivity contribution in [3.63, 3.8) is 0 Å². The van der Waals surface area contributed by atoms with E-state index in [1.165, 1.54) is 11.3 Å². The van der Waals surface area contributed by atoms with E-state index in [4.69, 9.17) is 0 Å². The number of amides is 2. The Morgan fingerprint density at radius 1 is 1.37 bits per heavy atom. The number of carbonyl (C=O) groups excluding carboxylic acids is 2.